The lowest BCUT2D eigenvalue weighted by atomic mass is 9.89. The molecule has 1 heterocycles. The van der Waals surface area contributed by atoms with Crippen LogP contribution in [-0.2, 0) is 0 Å². The molecule has 7 heteroatoms. The number of aromatic nitrogens is 1. The van der Waals surface area contributed by atoms with E-state index < -0.39 is 0 Å². The van der Waals surface area contributed by atoms with Gasteiger partial charge in [0.05, 0.1) is 10.4 Å². The Bertz CT molecular complexity index is 568. The lowest BCUT2D eigenvalue weighted by Crippen LogP contribution is -2.50. The van der Waals surface area contributed by atoms with Crippen molar-refractivity contribution >= 4 is 34.3 Å². The number of nitriles is 1. The number of thiazole rings is 1. The number of hydrogen-bond donors (Lipinski definition) is 1. The average molecular weight is 365 g/mol. The third-order valence-corrected chi connectivity index (χ3v) is 6.62. The average Bonchev–Trinajstić information content (AvgIpc) is 3.04. The van der Waals surface area contributed by atoms with Crippen LogP contribution in [0.2, 0.25) is 0 Å². The predicted molar refractivity (Wildman–Crippen MR) is 98.2 cm³/mol. The molecule has 2 amide bonds. The van der Waals surface area contributed by atoms with Gasteiger partial charge in [0, 0.05) is 23.8 Å². The van der Waals surface area contributed by atoms with E-state index in [0.29, 0.717) is 17.2 Å². The van der Waals surface area contributed by atoms with Gasteiger partial charge in [-0.15, -0.1) is 0 Å². The van der Waals surface area contributed by atoms with Crippen LogP contribution >= 0.6 is 23.1 Å². The molecule has 2 aliphatic carbocycles. The van der Waals surface area contributed by atoms with Gasteiger partial charge in [-0.05, 0) is 25.7 Å². The summed E-state index contributed by atoms with van der Waals surface area (Å²) in [6, 6.07) is 0.737. The van der Waals surface area contributed by atoms with Crippen LogP contribution in [0.15, 0.2) is 10.4 Å². The van der Waals surface area contributed by atoms with E-state index in [1.165, 1.54) is 49.9 Å². The standard InChI is InChI=1S/C17H24N4OS2/c18-12-23-15-11-19-16(24-15)20-17(22)21(13-7-3-1-4-8-13)14-9-5-2-6-10-14/h11,13-14H,1-10H2,(H,19,20,22). The molecular weight excluding hydrogens is 340 g/mol. The van der Waals surface area contributed by atoms with Crippen molar-refractivity contribution in [1.82, 2.24) is 9.88 Å². The van der Waals surface area contributed by atoms with Gasteiger partial charge < -0.3 is 4.90 Å². The summed E-state index contributed by atoms with van der Waals surface area (Å²) in [5, 5.41) is 14.4. The summed E-state index contributed by atoms with van der Waals surface area (Å²) >= 11 is 2.45. The Kier molecular flexibility index (Phi) is 6.38. The summed E-state index contributed by atoms with van der Waals surface area (Å²) in [4.78, 5) is 19.4. The van der Waals surface area contributed by atoms with Crippen LogP contribution in [0.25, 0.3) is 0 Å². The van der Waals surface area contributed by atoms with Crippen molar-refractivity contribution < 1.29 is 4.79 Å². The van der Waals surface area contributed by atoms with Crippen LogP contribution in [0.1, 0.15) is 64.2 Å². The smallest absolute Gasteiger partial charge is 0.319 e. The summed E-state index contributed by atoms with van der Waals surface area (Å²) in [5.74, 6) is 0. The minimum atomic E-state index is -0.00309. The van der Waals surface area contributed by atoms with E-state index >= 15 is 0 Å². The first-order chi connectivity index (χ1) is 11.8. The van der Waals surface area contributed by atoms with E-state index in [2.05, 4.69) is 15.2 Å². The minimum Gasteiger partial charge on any atom is -0.319 e. The molecule has 5 nitrogen and oxygen atoms in total. The number of thiocyanates is 1. The predicted octanol–water partition coefficient (Wildman–Crippen LogP) is 5.22. The molecule has 2 fully saturated rings. The highest BCUT2D eigenvalue weighted by atomic mass is 32.2. The largest absolute Gasteiger partial charge is 0.324 e. The highest BCUT2D eigenvalue weighted by Gasteiger charge is 2.32. The lowest BCUT2D eigenvalue weighted by Gasteiger charge is -2.41. The summed E-state index contributed by atoms with van der Waals surface area (Å²) in [5.41, 5.74) is 0. The molecule has 1 N–H and O–H groups in total. The summed E-state index contributed by atoms with van der Waals surface area (Å²) in [6.45, 7) is 0. The zero-order valence-electron chi connectivity index (χ0n) is 13.9. The quantitative estimate of drug-likeness (QED) is 0.588. The Morgan fingerprint density at radius 3 is 2.29 bits per heavy atom. The van der Waals surface area contributed by atoms with Gasteiger partial charge in [-0.1, -0.05) is 49.9 Å². The highest BCUT2D eigenvalue weighted by Crippen LogP contribution is 2.32. The SMILES string of the molecule is N#CSc1cnc(NC(=O)N(C2CCCCC2)C2CCCCC2)s1. The summed E-state index contributed by atoms with van der Waals surface area (Å²) < 4.78 is 0.815. The zero-order valence-corrected chi connectivity index (χ0v) is 15.5. The second-order valence-corrected chi connectivity index (χ2v) is 8.71. The van der Waals surface area contributed by atoms with Crippen molar-refractivity contribution in [2.45, 2.75) is 80.5 Å². The number of amides is 2. The topological polar surface area (TPSA) is 69.0 Å². The van der Waals surface area contributed by atoms with Gasteiger partial charge in [0.15, 0.2) is 5.13 Å². The molecule has 2 saturated carbocycles. The molecule has 3 rings (SSSR count). The first kappa shape index (κ1) is 17.6. The molecular formula is C17H24N4OS2. The van der Waals surface area contributed by atoms with Gasteiger partial charge in [0.2, 0.25) is 0 Å². The fraction of sp³-hybridized carbons (Fsp3) is 0.706. The number of anilines is 1. The normalized spacial score (nSPS) is 19.6. The van der Waals surface area contributed by atoms with Gasteiger partial charge in [-0.3, -0.25) is 5.32 Å². The summed E-state index contributed by atoms with van der Waals surface area (Å²) in [6.07, 6.45) is 13.6. The Hall–Kier alpha value is -1.26. The van der Waals surface area contributed by atoms with Crippen LogP contribution in [0.4, 0.5) is 9.93 Å². The number of urea groups is 1. The van der Waals surface area contributed by atoms with Crippen LogP contribution in [-0.4, -0.2) is 28.0 Å². The molecule has 1 aromatic rings. The fourth-order valence-corrected chi connectivity index (χ4v) is 5.16. The highest BCUT2D eigenvalue weighted by molar-refractivity contribution is 8.05. The molecule has 0 radical (unpaired) electrons. The van der Waals surface area contributed by atoms with Gasteiger partial charge in [-0.2, -0.15) is 5.26 Å². The van der Waals surface area contributed by atoms with E-state index in [1.54, 1.807) is 6.20 Å². The van der Waals surface area contributed by atoms with E-state index in [1.807, 2.05) is 5.40 Å². The molecule has 0 atom stereocenters. The molecule has 0 aliphatic heterocycles. The van der Waals surface area contributed by atoms with Crippen LogP contribution in [0, 0.1) is 10.7 Å². The second kappa shape index (κ2) is 8.72. The van der Waals surface area contributed by atoms with E-state index in [-0.39, 0.29) is 6.03 Å². The van der Waals surface area contributed by atoms with Gasteiger partial charge >= 0.3 is 6.03 Å². The van der Waals surface area contributed by atoms with Crippen molar-refractivity contribution in [3.8, 4) is 5.40 Å². The fourth-order valence-electron chi connectivity index (χ4n) is 3.91. The van der Waals surface area contributed by atoms with E-state index in [0.717, 1.165) is 41.7 Å². The number of thioether (sulfide) groups is 1. The van der Waals surface area contributed by atoms with Crippen LogP contribution in [0.5, 0.6) is 0 Å². The van der Waals surface area contributed by atoms with Crippen molar-refractivity contribution in [3.63, 3.8) is 0 Å². The number of carbonyl (C=O) groups excluding carboxylic acids is 1. The van der Waals surface area contributed by atoms with Crippen LogP contribution in [0.3, 0.4) is 0 Å². The van der Waals surface area contributed by atoms with E-state index in [9.17, 15) is 4.79 Å². The van der Waals surface area contributed by atoms with Crippen molar-refractivity contribution in [2.24, 2.45) is 0 Å². The molecule has 0 saturated heterocycles. The number of nitrogens with one attached hydrogen (secondary N) is 1. The first-order valence-corrected chi connectivity index (χ1v) is 10.5. The zero-order chi connectivity index (χ0) is 16.8. The van der Waals surface area contributed by atoms with Gasteiger partial charge in [0.1, 0.15) is 5.40 Å². The van der Waals surface area contributed by atoms with Crippen molar-refractivity contribution in [2.75, 3.05) is 5.32 Å². The van der Waals surface area contributed by atoms with Gasteiger partial charge in [-0.25, -0.2) is 9.78 Å². The summed E-state index contributed by atoms with van der Waals surface area (Å²) in [7, 11) is 0. The van der Waals surface area contributed by atoms with Crippen molar-refractivity contribution in [1.29, 1.82) is 5.26 Å². The third kappa shape index (κ3) is 4.42. The Morgan fingerprint density at radius 1 is 1.17 bits per heavy atom. The molecule has 0 aromatic carbocycles. The molecule has 0 spiro atoms. The maximum Gasteiger partial charge on any atom is 0.324 e. The van der Waals surface area contributed by atoms with Gasteiger partial charge in [0.25, 0.3) is 0 Å². The molecule has 2 aliphatic rings. The third-order valence-electron chi connectivity index (χ3n) is 5.02. The number of nitrogens with zero attached hydrogens (tertiary/aromatic N) is 3. The Labute approximate surface area is 151 Å². The maximum atomic E-state index is 13.0. The number of carbonyl (C=O) groups is 1. The minimum absolute atomic E-state index is 0.00309. The molecule has 24 heavy (non-hydrogen) atoms. The first-order valence-electron chi connectivity index (χ1n) is 8.89. The molecule has 130 valence electrons. The Balaban J connectivity index is 1.70. The van der Waals surface area contributed by atoms with E-state index in [4.69, 9.17) is 5.26 Å². The molecule has 1 aromatic heterocycles. The number of hydrogen-bond acceptors (Lipinski definition) is 5. The maximum absolute atomic E-state index is 13.0. The van der Waals surface area contributed by atoms with Crippen LogP contribution < -0.4 is 5.32 Å². The van der Waals surface area contributed by atoms with Crippen molar-refractivity contribution in [3.05, 3.63) is 6.20 Å². The number of rotatable bonds is 4. The molecule has 0 bridgehead atoms. The lowest BCUT2D eigenvalue weighted by molar-refractivity contribution is 0.114. The Morgan fingerprint density at radius 2 is 1.75 bits per heavy atom. The monoisotopic (exact) mass is 364 g/mol. The second-order valence-electron chi connectivity index (χ2n) is 6.60. The molecule has 0 unspecified atom stereocenters.